The minimum Gasteiger partial charge on any atom is -0.496 e. The van der Waals surface area contributed by atoms with E-state index in [0.717, 1.165) is 5.56 Å². The maximum atomic E-state index is 13.1. The monoisotopic (exact) mass is 476 g/mol. The summed E-state index contributed by atoms with van der Waals surface area (Å²) in [5.74, 6) is 0.868. The molecule has 0 bridgehead atoms. The maximum absolute atomic E-state index is 13.1. The Hall–Kier alpha value is -4.11. The highest BCUT2D eigenvalue weighted by atomic mass is 32.2. The zero-order valence-electron chi connectivity index (χ0n) is 18.7. The number of carbonyl (C=O) groups is 1. The van der Waals surface area contributed by atoms with Crippen LogP contribution in [0.5, 0.6) is 5.75 Å². The number of hydrogen-bond acceptors (Lipinski definition) is 5. The van der Waals surface area contributed by atoms with Crippen LogP contribution in [0, 0.1) is 0 Å². The molecule has 4 aromatic rings. The smallest absolute Gasteiger partial charge is 0.261 e. The summed E-state index contributed by atoms with van der Waals surface area (Å²) in [6.45, 7) is 0. The normalized spacial score (nSPS) is 12.1. The fourth-order valence-corrected chi connectivity index (χ4v) is 4.62. The van der Waals surface area contributed by atoms with Crippen molar-refractivity contribution < 1.29 is 17.9 Å². The molecule has 1 unspecified atom stereocenters. The third-order valence-electron chi connectivity index (χ3n) is 5.29. The highest BCUT2D eigenvalue weighted by Gasteiger charge is 2.24. The number of sulfonamides is 1. The van der Waals surface area contributed by atoms with Crippen LogP contribution in [-0.4, -0.2) is 31.0 Å². The standard InChI is InChI=1S/C25H24N4O4S/c1-29-17-16-26-24(29)23(21-10-6-7-11-22(21)33-2)27-25(30)18-12-14-20(15-13-18)34(31,32)28-19-8-4-3-5-9-19/h3-17,23,28H,1-2H3,(H,27,30). The molecule has 0 saturated carbocycles. The number of benzene rings is 3. The van der Waals surface area contributed by atoms with Crippen LogP contribution >= 0.6 is 0 Å². The molecule has 0 radical (unpaired) electrons. The van der Waals surface area contributed by atoms with E-state index in [2.05, 4.69) is 15.0 Å². The third kappa shape index (κ3) is 4.94. The number of aryl methyl sites for hydroxylation is 1. The SMILES string of the molecule is COc1ccccc1C(NC(=O)c1ccc(S(=O)(=O)Nc2ccccc2)cc1)c1nccn1C. The Kier molecular flexibility index (Phi) is 6.65. The Balaban J connectivity index is 1.58. The first-order valence-corrected chi connectivity index (χ1v) is 12.0. The van der Waals surface area contributed by atoms with Crippen molar-refractivity contribution in [2.24, 2.45) is 7.05 Å². The number of amides is 1. The zero-order chi connectivity index (χ0) is 24.1. The van der Waals surface area contributed by atoms with Crippen molar-refractivity contribution in [3.63, 3.8) is 0 Å². The van der Waals surface area contributed by atoms with Crippen molar-refractivity contribution in [3.8, 4) is 5.75 Å². The molecule has 1 aromatic heterocycles. The Morgan fingerprint density at radius 1 is 0.971 bits per heavy atom. The van der Waals surface area contributed by atoms with Gasteiger partial charge in [-0.2, -0.15) is 0 Å². The molecule has 0 aliphatic rings. The lowest BCUT2D eigenvalue weighted by Crippen LogP contribution is -2.31. The van der Waals surface area contributed by atoms with Gasteiger partial charge in [0.25, 0.3) is 15.9 Å². The number of nitrogens with zero attached hydrogens (tertiary/aromatic N) is 2. The predicted octanol–water partition coefficient (Wildman–Crippen LogP) is 3.75. The highest BCUT2D eigenvalue weighted by Crippen LogP contribution is 2.29. The lowest BCUT2D eigenvalue weighted by Gasteiger charge is -2.21. The molecular weight excluding hydrogens is 452 g/mol. The summed E-state index contributed by atoms with van der Waals surface area (Å²) in [6, 6.07) is 21.2. The van der Waals surface area contributed by atoms with Gasteiger partial charge in [-0.3, -0.25) is 9.52 Å². The average Bonchev–Trinajstić information content (AvgIpc) is 3.28. The van der Waals surface area contributed by atoms with E-state index in [-0.39, 0.29) is 10.8 Å². The van der Waals surface area contributed by atoms with Crippen molar-refractivity contribution in [2.75, 3.05) is 11.8 Å². The van der Waals surface area contributed by atoms with Crippen LogP contribution < -0.4 is 14.8 Å². The number of anilines is 1. The molecule has 0 spiro atoms. The first-order valence-electron chi connectivity index (χ1n) is 10.5. The van der Waals surface area contributed by atoms with Gasteiger partial charge in [-0.15, -0.1) is 0 Å². The second-order valence-electron chi connectivity index (χ2n) is 7.54. The van der Waals surface area contributed by atoms with Gasteiger partial charge in [0.2, 0.25) is 0 Å². The number of carbonyl (C=O) groups excluding carboxylic acids is 1. The van der Waals surface area contributed by atoms with Gasteiger partial charge in [-0.05, 0) is 42.5 Å². The van der Waals surface area contributed by atoms with E-state index in [4.69, 9.17) is 4.74 Å². The largest absolute Gasteiger partial charge is 0.496 e. The summed E-state index contributed by atoms with van der Waals surface area (Å²) in [5.41, 5.74) is 1.52. The zero-order valence-corrected chi connectivity index (χ0v) is 19.5. The molecule has 9 heteroatoms. The molecule has 0 aliphatic carbocycles. The maximum Gasteiger partial charge on any atom is 0.261 e. The van der Waals surface area contributed by atoms with E-state index in [0.29, 0.717) is 22.8 Å². The van der Waals surface area contributed by atoms with Crippen LogP contribution in [0.15, 0.2) is 96.2 Å². The molecule has 174 valence electrons. The molecule has 1 heterocycles. The van der Waals surface area contributed by atoms with E-state index in [1.165, 1.54) is 24.3 Å². The number of para-hydroxylation sites is 2. The lowest BCUT2D eigenvalue weighted by molar-refractivity contribution is 0.0940. The Labute approximate surface area is 198 Å². The fourth-order valence-electron chi connectivity index (χ4n) is 3.56. The van der Waals surface area contributed by atoms with Crippen molar-refractivity contribution >= 4 is 21.6 Å². The number of hydrogen-bond donors (Lipinski definition) is 2. The molecule has 4 rings (SSSR count). The molecule has 0 aliphatic heterocycles. The molecule has 0 saturated heterocycles. The summed E-state index contributed by atoms with van der Waals surface area (Å²) in [6.07, 6.45) is 3.45. The molecule has 34 heavy (non-hydrogen) atoms. The van der Waals surface area contributed by atoms with Gasteiger partial charge in [-0.25, -0.2) is 13.4 Å². The first kappa shape index (κ1) is 23.1. The van der Waals surface area contributed by atoms with Crippen LogP contribution in [0.2, 0.25) is 0 Å². The van der Waals surface area contributed by atoms with Gasteiger partial charge in [-0.1, -0.05) is 36.4 Å². The number of ether oxygens (including phenoxy) is 1. The van der Waals surface area contributed by atoms with Crippen molar-refractivity contribution in [2.45, 2.75) is 10.9 Å². The van der Waals surface area contributed by atoms with Crippen LogP contribution in [0.3, 0.4) is 0 Å². The van der Waals surface area contributed by atoms with Crippen molar-refractivity contribution in [1.82, 2.24) is 14.9 Å². The average molecular weight is 477 g/mol. The number of aromatic nitrogens is 2. The molecular formula is C25H24N4O4S. The molecule has 2 N–H and O–H groups in total. The minimum absolute atomic E-state index is 0.0540. The summed E-state index contributed by atoms with van der Waals surface area (Å²) in [7, 11) is -0.372. The van der Waals surface area contributed by atoms with Crippen LogP contribution in [0.25, 0.3) is 0 Å². The fraction of sp³-hybridized carbons (Fsp3) is 0.120. The van der Waals surface area contributed by atoms with Crippen molar-refractivity contribution in [1.29, 1.82) is 0 Å². The Bertz CT molecular complexity index is 1380. The summed E-state index contributed by atoms with van der Waals surface area (Å²) < 4.78 is 35.2. The van der Waals surface area contributed by atoms with E-state index in [1.54, 1.807) is 49.8 Å². The Morgan fingerprint density at radius 3 is 2.29 bits per heavy atom. The molecule has 1 atom stereocenters. The lowest BCUT2D eigenvalue weighted by atomic mass is 10.0. The van der Waals surface area contributed by atoms with Crippen LogP contribution in [-0.2, 0) is 17.1 Å². The number of methoxy groups -OCH3 is 1. The van der Waals surface area contributed by atoms with Gasteiger partial charge < -0.3 is 14.6 Å². The number of imidazole rings is 1. The van der Waals surface area contributed by atoms with E-state index < -0.39 is 16.1 Å². The van der Waals surface area contributed by atoms with Crippen LogP contribution in [0.1, 0.15) is 27.8 Å². The predicted molar refractivity (Wildman–Crippen MR) is 129 cm³/mol. The second-order valence-corrected chi connectivity index (χ2v) is 9.22. The quantitative estimate of drug-likeness (QED) is 0.403. The minimum atomic E-state index is -3.78. The summed E-state index contributed by atoms with van der Waals surface area (Å²) in [5, 5.41) is 3.00. The molecule has 0 fully saturated rings. The van der Waals surface area contributed by atoms with Gasteiger partial charge in [0.1, 0.15) is 17.6 Å². The van der Waals surface area contributed by atoms with Gasteiger partial charge in [0.15, 0.2) is 0 Å². The topological polar surface area (TPSA) is 102 Å². The second kappa shape index (κ2) is 9.80. The van der Waals surface area contributed by atoms with E-state index >= 15 is 0 Å². The third-order valence-corrected chi connectivity index (χ3v) is 6.69. The first-order chi connectivity index (χ1) is 16.4. The van der Waals surface area contributed by atoms with Gasteiger partial charge in [0, 0.05) is 36.3 Å². The van der Waals surface area contributed by atoms with E-state index in [9.17, 15) is 13.2 Å². The summed E-state index contributed by atoms with van der Waals surface area (Å²) in [4.78, 5) is 17.6. The molecule has 3 aromatic carbocycles. The summed E-state index contributed by atoms with van der Waals surface area (Å²) >= 11 is 0. The van der Waals surface area contributed by atoms with E-state index in [1.807, 2.05) is 35.9 Å². The highest BCUT2D eigenvalue weighted by molar-refractivity contribution is 7.92. The number of nitrogens with one attached hydrogen (secondary N) is 2. The number of rotatable bonds is 8. The van der Waals surface area contributed by atoms with Crippen molar-refractivity contribution in [3.05, 3.63) is 108 Å². The van der Waals surface area contributed by atoms with Gasteiger partial charge >= 0.3 is 0 Å². The van der Waals surface area contributed by atoms with Crippen LogP contribution in [0.4, 0.5) is 5.69 Å². The Morgan fingerprint density at radius 2 is 1.65 bits per heavy atom. The molecule has 1 amide bonds. The molecule has 8 nitrogen and oxygen atoms in total. The van der Waals surface area contributed by atoms with Gasteiger partial charge in [0.05, 0.1) is 12.0 Å².